The fraction of sp³-hybridized carbons (Fsp3) is 0.357. The molecule has 1 aliphatic carbocycles. The molecule has 1 aromatic heterocycles. The minimum absolute atomic E-state index is 0.707. The Kier molecular flexibility index (Phi) is 3.04. The van der Waals surface area contributed by atoms with Crippen LogP contribution in [0.15, 0.2) is 29.2 Å². The summed E-state index contributed by atoms with van der Waals surface area (Å²) < 4.78 is 2.02. The van der Waals surface area contributed by atoms with Crippen molar-refractivity contribution in [3.05, 3.63) is 35.5 Å². The number of fused-ring (bicyclic) bond motifs is 1. The van der Waals surface area contributed by atoms with Crippen LogP contribution in [0.3, 0.4) is 0 Å². The van der Waals surface area contributed by atoms with Gasteiger partial charge in [-0.25, -0.2) is 4.68 Å². The van der Waals surface area contributed by atoms with E-state index in [1.165, 1.54) is 29.0 Å². The van der Waals surface area contributed by atoms with Crippen molar-refractivity contribution in [2.45, 2.75) is 30.6 Å². The lowest BCUT2D eigenvalue weighted by Gasteiger charge is -2.13. The fourth-order valence-electron chi connectivity index (χ4n) is 2.56. The van der Waals surface area contributed by atoms with Crippen molar-refractivity contribution in [3.8, 4) is 5.69 Å². The number of thioether (sulfide) groups is 1. The molecule has 1 heterocycles. The summed E-state index contributed by atoms with van der Waals surface area (Å²) in [4.78, 5) is 1.27. The normalized spacial score (nSPS) is 14.5. The van der Waals surface area contributed by atoms with Gasteiger partial charge in [-0.2, -0.15) is 5.10 Å². The number of hydrogen-bond acceptors (Lipinski definition) is 3. The highest BCUT2D eigenvalue weighted by Crippen LogP contribution is 2.28. The average molecular weight is 259 g/mol. The van der Waals surface area contributed by atoms with Crippen LogP contribution >= 0.6 is 11.8 Å². The average Bonchev–Trinajstić information content (AvgIpc) is 2.77. The number of aromatic nitrogens is 2. The van der Waals surface area contributed by atoms with Crippen LogP contribution in [0.25, 0.3) is 5.69 Å². The van der Waals surface area contributed by atoms with Crippen molar-refractivity contribution in [2.24, 2.45) is 0 Å². The lowest BCUT2D eigenvalue weighted by atomic mass is 9.97. The van der Waals surface area contributed by atoms with E-state index in [9.17, 15) is 0 Å². The molecule has 2 aromatic rings. The molecule has 1 aliphatic rings. The van der Waals surface area contributed by atoms with Crippen LogP contribution in [0.1, 0.15) is 24.1 Å². The maximum Gasteiger partial charge on any atom is 0.149 e. The van der Waals surface area contributed by atoms with Gasteiger partial charge in [0.05, 0.1) is 5.69 Å². The van der Waals surface area contributed by atoms with E-state index in [4.69, 9.17) is 5.73 Å². The lowest BCUT2D eigenvalue weighted by molar-refractivity contribution is 0.653. The molecule has 0 unspecified atom stereocenters. The van der Waals surface area contributed by atoms with Gasteiger partial charge in [0, 0.05) is 16.2 Å². The number of nitrogens with two attached hydrogens (primary N) is 1. The first-order valence-electron chi connectivity index (χ1n) is 6.30. The van der Waals surface area contributed by atoms with Crippen LogP contribution in [-0.2, 0) is 12.8 Å². The third-order valence-electron chi connectivity index (χ3n) is 3.53. The summed E-state index contributed by atoms with van der Waals surface area (Å²) in [6.45, 7) is 0. The molecule has 94 valence electrons. The molecular formula is C14H17N3S. The van der Waals surface area contributed by atoms with Crippen molar-refractivity contribution in [1.29, 1.82) is 0 Å². The van der Waals surface area contributed by atoms with Crippen molar-refractivity contribution < 1.29 is 0 Å². The van der Waals surface area contributed by atoms with Gasteiger partial charge in [0.2, 0.25) is 0 Å². The molecule has 0 bridgehead atoms. The van der Waals surface area contributed by atoms with E-state index >= 15 is 0 Å². The number of benzene rings is 1. The number of hydrogen-bond donors (Lipinski definition) is 1. The van der Waals surface area contributed by atoms with Crippen molar-refractivity contribution >= 4 is 17.6 Å². The molecule has 1 aromatic carbocycles. The Bertz CT molecular complexity index is 557. The van der Waals surface area contributed by atoms with Gasteiger partial charge in [0.25, 0.3) is 0 Å². The second kappa shape index (κ2) is 4.69. The second-order valence-corrected chi connectivity index (χ2v) is 5.51. The molecular weight excluding hydrogens is 242 g/mol. The maximum absolute atomic E-state index is 6.02. The minimum Gasteiger partial charge on any atom is -0.382 e. The zero-order valence-electron chi connectivity index (χ0n) is 10.5. The van der Waals surface area contributed by atoms with Gasteiger partial charge in [0.1, 0.15) is 5.82 Å². The lowest BCUT2D eigenvalue weighted by Crippen LogP contribution is -2.07. The van der Waals surface area contributed by atoms with E-state index in [0.29, 0.717) is 5.82 Å². The topological polar surface area (TPSA) is 43.8 Å². The van der Waals surface area contributed by atoms with Gasteiger partial charge in [-0.3, -0.25) is 0 Å². The summed E-state index contributed by atoms with van der Waals surface area (Å²) >= 11 is 1.75. The predicted octanol–water partition coefficient (Wildman–Crippen LogP) is 3.06. The van der Waals surface area contributed by atoms with Crippen LogP contribution in [0.2, 0.25) is 0 Å². The van der Waals surface area contributed by atoms with Gasteiger partial charge in [-0.05, 0) is 56.2 Å². The van der Waals surface area contributed by atoms with E-state index in [1.807, 2.05) is 4.68 Å². The molecule has 18 heavy (non-hydrogen) atoms. The smallest absolute Gasteiger partial charge is 0.149 e. The highest BCUT2D eigenvalue weighted by molar-refractivity contribution is 7.98. The van der Waals surface area contributed by atoms with Gasteiger partial charge >= 0.3 is 0 Å². The molecule has 0 amide bonds. The van der Waals surface area contributed by atoms with Crippen molar-refractivity contribution in [1.82, 2.24) is 9.78 Å². The number of anilines is 1. The molecule has 3 rings (SSSR count). The molecule has 2 N–H and O–H groups in total. The minimum atomic E-state index is 0.707. The molecule has 0 saturated carbocycles. The van der Waals surface area contributed by atoms with Crippen LogP contribution in [0.5, 0.6) is 0 Å². The highest BCUT2D eigenvalue weighted by atomic mass is 32.2. The summed E-state index contributed by atoms with van der Waals surface area (Å²) in [6.07, 6.45) is 6.71. The summed E-state index contributed by atoms with van der Waals surface area (Å²) in [5.41, 5.74) is 9.69. The zero-order chi connectivity index (χ0) is 12.5. The summed E-state index contributed by atoms with van der Waals surface area (Å²) in [7, 11) is 0. The fourth-order valence-corrected chi connectivity index (χ4v) is 2.97. The van der Waals surface area contributed by atoms with Gasteiger partial charge in [0.15, 0.2) is 0 Å². The van der Waals surface area contributed by atoms with E-state index in [2.05, 4.69) is 35.6 Å². The predicted molar refractivity (Wildman–Crippen MR) is 76.4 cm³/mol. The Balaban J connectivity index is 2.05. The number of nitrogens with zero attached hydrogens (tertiary/aromatic N) is 2. The Hall–Kier alpha value is -1.42. The molecule has 0 atom stereocenters. The van der Waals surface area contributed by atoms with Crippen molar-refractivity contribution in [3.63, 3.8) is 0 Å². The standard InChI is InChI=1S/C14H17N3S/c1-18-11-8-6-10(7-9-11)17-13-5-3-2-4-12(13)14(15)16-17/h6-9H,2-5H2,1H3,(H2,15,16). The SMILES string of the molecule is CSc1ccc(-n2nc(N)c3c2CCCC3)cc1. The van der Waals surface area contributed by atoms with Crippen LogP contribution in [-0.4, -0.2) is 16.0 Å². The van der Waals surface area contributed by atoms with Gasteiger partial charge in [-0.15, -0.1) is 11.8 Å². The number of nitrogen functional groups attached to an aromatic ring is 1. The largest absolute Gasteiger partial charge is 0.382 e. The Morgan fingerprint density at radius 3 is 2.61 bits per heavy atom. The van der Waals surface area contributed by atoms with E-state index in [0.717, 1.165) is 18.5 Å². The Morgan fingerprint density at radius 2 is 1.89 bits per heavy atom. The van der Waals surface area contributed by atoms with Gasteiger partial charge in [-0.1, -0.05) is 0 Å². The van der Waals surface area contributed by atoms with Gasteiger partial charge < -0.3 is 5.73 Å². The maximum atomic E-state index is 6.02. The second-order valence-electron chi connectivity index (χ2n) is 4.63. The summed E-state index contributed by atoms with van der Waals surface area (Å²) in [6, 6.07) is 8.50. The first-order valence-corrected chi connectivity index (χ1v) is 7.53. The Labute approximate surface area is 111 Å². The molecule has 3 nitrogen and oxygen atoms in total. The van der Waals surface area contributed by atoms with Crippen LogP contribution in [0.4, 0.5) is 5.82 Å². The first-order chi connectivity index (χ1) is 8.79. The Morgan fingerprint density at radius 1 is 1.17 bits per heavy atom. The molecule has 4 heteroatoms. The van der Waals surface area contributed by atoms with E-state index < -0.39 is 0 Å². The molecule has 0 aliphatic heterocycles. The van der Waals surface area contributed by atoms with Crippen molar-refractivity contribution in [2.75, 3.05) is 12.0 Å². The van der Waals surface area contributed by atoms with Crippen LogP contribution in [0, 0.1) is 0 Å². The quantitative estimate of drug-likeness (QED) is 0.843. The van der Waals surface area contributed by atoms with Crippen LogP contribution < -0.4 is 5.73 Å². The molecule has 0 radical (unpaired) electrons. The molecule has 0 spiro atoms. The first kappa shape index (κ1) is 11.7. The molecule has 0 fully saturated rings. The van der Waals surface area contributed by atoms with E-state index in [-0.39, 0.29) is 0 Å². The highest BCUT2D eigenvalue weighted by Gasteiger charge is 2.19. The monoisotopic (exact) mass is 259 g/mol. The third-order valence-corrected chi connectivity index (χ3v) is 4.27. The van der Waals surface area contributed by atoms with E-state index in [1.54, 1.807) is 11.8 Å². The molecule has 0 saturated heterocycles. The number of rotatable bonds is 2. The third kappa shape index (κ3) is 1.90. The summed E-state index contributed by atoms with van der Waals surface area (Å²) in [5, 5.41) is 4.51. The summed E-state index contributed by atoms with van der Waals surface area (Å²) in [5.74, 6) is 0.707. The zero-order valence-corrected chi connectivity index (χ0v) is 11.3.